The van der Waals surface area contributed by atoms with Gasteiger partial charge in [-0.1, -0.05) is 18.2 Å². The highest BCUT2D eigenvalue weighted by Crippen LogP contribution is 2.23. The van der Waals surface area contributed by atoms with Gasteiger partial charge in [-0.3, -0.25) is 5.41 Å². The monoisotopic (exact) mass is 288 g/mol. The standard InChI is InChI=1S/C16H17FN2O2/c1-10-4-3-5-13(15(10)17)21-9-11-6-7-12(16(18)19)14(8-11)20-2/h3-8H,9H2,1-2H3,(H3,18,19). The number of methoxy groups -OCH3 is 1. The smallest absolute Gasteiger partial charge is 0.167 e. The molecule has 2 aromatic carbocycles. The molecule has 0 unspecified atom stereocenters. The van der Waals surface area contributed by atoms with E-state index in [-0.39, 0.29) is 24.0 Å². The fourth-order valence-corrected chi connectivity index (χ4v) is 1.94. The maximum absolute atomic E-state index is 13.8. The van der Waals surface area contributed by atoms with Gasteiger partial charge >= 0.3 is 0 Å². The molecule has 0 fully saturated rings. The Labute approximate surface area is 122 Å². The first kappa shape index (κ1) is 14.8. The van der Waals surface area contributed by atoms with Crippen LogP contribution in [0, 0.1) is 18.2 Å². The molecule has 0 saturated carbocycles. The van der Waals surface area contributed by atoms with Crippen LogP contribution in [0.3, 0.4) is 0 Å². The fraction of sp³-hybridized carbons (Fsp3) is 0.188. The van der Waals surface area contributed by atoms with Crippen LogP contribution < -0.4 is 15.2 Å². The summed E-state index contributed by atoms with van der Waals surface area (Å²) in [6, 6.07) is 10.2. The third-order valence-electron chi connectivity index (χ3n) is 3.11. The predicted octanol–water partition coefficient (Wildman–Crippen LogP) is 3.01. The zero-order valence-corrected chi connectivity index (χ0v) is 11.9. The third kappa shape index (κ3) is 3.31. The van der Waals surface area contributed by atoms with Crippen LogP contribution in [-0.4, -0.2) is 12.9 Å². The average molecular weight is 288 g/mol. The summed E-state index contributed by atoms with van der Waals surface area (Å²) in [6.07, 6.45) is 0. The molecular formula is C16H17FN2O2. The number of nitrogens with one attached hydrogen (secondary N) is 1. The van der Waals surface area contributed by atoms with Crippen LogP contribution in [0.2, 0.25) is 0 Å². The Kier molecular flexibility index (Phi) is 4.42. The van der Waals surface area contributed by atoms with Gasteiger partial charge in [0.1, 0.15) is 18.2 Å². The van der Waals surface area contributed by atoms with E-state index in [1.165, 1.54) is 7.11 Å². The Morgan fingerprint density at radius 3 is 2.67 bits per heavy atom. The van der Waals surface area contributed by atoms with E-state index in [0.29, 0.717) is 16.9 Å². The Hall–Kier alpha value is -2.56. The van der Waals surface area contributed by atoms with Gasteiger partial charge < -0.3 is 15.2 Å². The number of nitrogen functional groups attached to an aromatic ring is 1. The van der Waals surface area contributed by atoms with Crippen LogP contribution in [0.25, 0.3) is 0 Å². The molecule has 3 N–H and O–H groups in total. The first-order valence-corrected chi connectivity index (χ1v) is 6.42. The molecule has 0 radical (unpaired) electrons. The third-order valence-corrected chi connectivity index (χ3v) is 3.11. The summed E-state index contributed by atoms with van der Waals surface area (Å²) >= 11 is 0. The van der Waals surface area contributed by atoms with Crippen LogP contribution in [0.15, 0.2) is 36.4 Å². The van der Waals surface area contributed by atoms with Crippen LogP contribution >= 0.6 is 0 Å². The number of amidine groups is 1. The molecular weight excluding hydrogens is 271 g/mol. The van der Waals surface area contributed by atoms with E-state index in [2.05, 4.69) is 0 Å². The second kappa shape index (κ2) is 6.26. The molecule has 0 heterocycles. The molecule has 0 aliphatic rings. The van der Waals surface area contributed by atoms with Crippen molar-refractivity contribution in [1.29, 1.82) is 5.41 Å². The number of hydrogen-bond acceptors (Lipinski definition) is 3. The lowest BCUT2D eigenvalue weighted by molar-refractivity contribution is 0.289. The molecule has 5 heteroatoms. The summed E-state index contributed by atoms with van der Waals surface area (Å²) in [6.45, 7) is 1.89. The Morgan fingerprint density at radius 1 is 1.24 bits per heavy atom. The molecule has 0 bridgehead atoms. The van der Waals surface area contributed by atoms with Crippen molar-refractivity contribution < 1.29 is 13.9 Å². The maximum Gasteiger partial charge on any atom is 0.167 e. The molecule has 0 spiro atoms. The van der Waals surface area contributed by atoms with E-state index in [1.54, 1.807) is 43.3 Å². The minimum atomic E-state index is -0.357. The average Bonchev–Trinajstić information content (AvgIpc) is 2.48. The highest BCUT2D eigenvalue weighted by atomic mass is 19.1. The normalized spacial score (nSPS) is 10.2. The van der Waals surface area contributed by atoms with Crippen molar-refractivity contribution in [2.24, 2.45) is 5.73 Å². The van der Waals surface area contributed by atoms with Crippen molar-refractivity contribution in [3.8, 4) is 11.5 Å². The molecule has 110 valence electrons. The van der Waals surface area contributed by atoms with Crippen molar-refractivity contribution in [3.63, 3.8) is 0 Å². The fourth-order valence-electron chi connectivity index (χ4n) is 1.94. The maximum atomic E-state index is 13.8. The van der Waals surface area contributed by atoms with E-state index < -0.39 is 0 Å². The lowest BCUT2D eigenvalue weighted by Crippen LogP contribution is -2.13. The van der Waals surface area contributed by atoms with Gasteiger partial charge in [0.05, 0.1) is 12.7 Å². The van der Waals surface area contributed by atoms with Gasteiger partial charge in [0.15, 0.2) is 11.6 Å². The van der Waals surface area contributed by atoms with Crippen molar-refractivity contribution in [2.75, 3.05) is 7.11 Å². The number of ether oxygens (including phenoxy) is 2. The van der Waals surface area contributed by atoms with Gasteiger partial charge in [-0.05, 0) is 36.2 Å². The first-order chi connectivity index (χ1) is 10.0. The molecule has 2 aromatic rings. The van der Waals surface area contributed by atoms with Gasteiger partial charge in [-0.25, -0.2) is 4.39 Å². The van der Waals surface area contributed by atoms with Gasteiger partial charge in [0, 0.05) is 0 Å². The van der Waals surface area contributed by atoms with E-state index in [0.717, 1.165) is 5.56 Å². The quantitative estimate of drug-likeness (QED) is 0.656. The van der Waals surface area contributed by atoms with E-state index in [1.807, 2.05) is 0 Å². The lowest BCUT2D eigenvalue weighted by Gasteiger charge is -2.11. The summed E-state index contributed by atoms with van der Waals surface area (Å²) in [4.78, 5) is 0. The second-order valence-corrected chi connectivity index (χ2v) is 4.62. The predicted molar refractivity (Wildman–Crippen MR) is 79.5 cm³/mol. The molecule has 0 atom stereocenters. The molecule has 0 amide bonds. The van der Waals surface area contributed by atoms with Crippen molar-refractivity contribution >= 4 is 5.84 Å². The minimum absolute atomic E-state index is 0.0657. The van der Waals surface area contributed by atoms with Gasteiger partial charge in [0.25, 0.3) is 0 Å². The topological polar surface area (TPSA) is 68.3 Å². The number of benzene rings is 2. The summed E-state index contributed by atoms with van der Waals surface area (Å²) < 4.78 is 24.5. The summed E-state index contributed by atoms with van der Waals surface area (Å²) in [7, 11) is 1.51. The molecule has 4 nitrogen and oxygen atoms in total. The Morgan fingerprint density at radius 2 is 2.00 bits per heavy atom. The zero-order chi connectivity index (χ0) is 15.4. The molecule has 21 heavy (non-hydrogen) atoms. The number of rotatable bonds is 5. The van der Waals surface area contributed by atoms with Crippen LogP contribution in [0.1, 0.15) is 16.7 Å². The van der Waals surface area contributed by atoms with Crippen molar-refractivity contribution in [1.82, 2.24) is 0 Å². The summed E-state index contributed by atoms with van der Waals surface area (Å²) in [5.74, 6) is 0.284. The van der Waals surface area contributed by atoms with Crippen molar-refractivity contribution in [2.45, 2.75) is 13.5 Å². The number of halogens is 1. The minimum Gasteiger partial charge on any atom is -0.496 e. The zero-order valence-electron chi connectivity index (χ0n) is 11.9. The first-order valence-electron chi connectivity index (χ1n) is 6.42. The Balaban J connectivity index is 2.17. The highest BCUT2D eigenvalue weighted by Gasteiger charge is 2.09. The van der Waals surface area contributed by atoms with E-state index in [4.69, 9.17) is 20.6 Å². The van der Waals surface area contributed by atoms with Crippen LogP contribution in [0.4, 0.5) is 4.39 Å². The molecule has 0 saturated heterocycles. The summed E-state index contributed by atoms with van der Waals surface area (Å²) in [5.41, 5.74) is 7.32. The van der Waals surface area contributed by atoms with Crippen molar-refractivity contribution in [3.05, 3.63) is 58.9 Å². The molecule has 0 aliphatic carbocycles. The molecule has 2 rings (SSSR count). The SMILES string of the molecule is COc1cc(COc2cccc(C)c2F)ccc1C(=N)N. The van der Waals surface area contributed by atoms with Crippen LogP contribution in [0.5, 0.6) is 11.5 Å². The molecule has 0 aromatic heterocycles. The van der Waals surface area contributed by atoms with E-state index >= 15 is 0 Å². The summed E-state index contributed by atoms with van der Waals surface area (Å²) in [5, 5.41) is 7.46. The highest BCUT2D eigenvalue weighted by molar-refractivity contribution is 5.97. The number of nitrogens with two attached hydrogens (primary N) is 1. The number of aryl methyl sites for hydroxylation is 1. The van der Waals surface area contributed by atoms with Gasteiger partial charge in [-0.15, -0.1) is 0 Å². The Bertz CT molecular complexity index is 671. The lowest BCUT2D eigenvalue weighted by atomic mass is 10.1. The van der Waals surface area contributed by atoms with Gasteiger partial charge in [0.2, 0.25) is 0 Å². The largest absolute Gasteiger partial charge is 0.496 e. The van der Waals surface area contributed by atoms with Crippen LogP contribution in [-0.2, 0) is 6.61 Å². The second-order valence-electron chi connectivity index (χ2n) is 4.62. The van der Waals surface area contributed by atoms with E-state index in [9.17, 15) is 4.39 Å². The van der Waals surface area contributed by atoms with Gasteiger partial charge in [-0.2, -0.15) is 0 Å². The molecule has 0 aliphatic heterocycles. The number of hydrogen-bond donors (Lipinski definition) is 2.